The number of carbonyl (C=O) groups is 2. The number of nitrogens with zero attached hydrogens (tertiary/aromatic N) is 1. The minimum Gasteiger partial charge on any atom is -0.357 e. The number of aromatic nitrogens is 2. The third-order valence-corrected chi connectivity index (χ3v) is 5.03. The Kier molecular flexibility index (Phi) is 7.22. The van der Waals surface area contributed by atoms with Gasteiger partial charge in [-0.1, -0.05) is 41.7 Å². The third kappa shape index (κ3) is 5.95. The maximum Gasteiger partial charge on any atom is 0.321 e. The highest BCUT2D eigenvalue weighted by Gasteiger charge is 2.20. The fraction of sp³-hybridized carbons (Fsp3) is 0.286. The number of hydrogen-bond acceptors (Lipinski definition) is 6. The normalized spacial score (nSPS) is 11.5. The van der Waals surface area contributed by atoms with Gasteiger partial charge in [-0.05, 0) is 17.8 Å². The van der Waals surface area contributed by atoms with E-state index in [1.54, 1.807) is 11.8 Å². The number of hydrogen-bond donors (Lipinski definition) is 4. The smallest absolute Gasteiger partial charge is 0.321 e. The number of benzene rings is 1. The molecular weight excluding hydrogens is 366 g/mol. The highest BCUT2D eigenvalue weighted by Crippen LogP contribution is 2.14. The van der Waals surface area contributed by atoms with Crippen LogP contribution in [0.15, 0.2) is 30.3 Å². The lowest BCUT2D eigenvalue weighted by molar-refractivity contribution is -0.121. The molecule has 0 aliphatic heterocycles. The lowest BCUT2D eigenvalue weighted by atomic mass is 10.2. The number of nitrogens with one attached hydrogen (secondary N) is 4. The molecule has 0 aliphatic carbocycles. The molecular formula is C14H17N5O2S3. The Bertz CT molecular complexity index is 731. The van der Waals surface area contributed by atoms with Crippen molar-refractivity contribution in [3.05, 3.63) is 39.8 Å². The first kappa shape index (κ1) is 18.4. The molecule has 10 heteroatoms. The van der Waals surface area contributed by atoms with Gasteiger partial charge in [-0.3, -0.25) is 15.2 Å². The zero-order valence-corrected chi connectivity index (χ0v) is 15.3. The van der Waals surface area contributed by atoms with Crippen LogP contribution in [0, 0.1) is 3.95 Å². The summed E-state index contributed by atoms with van der Waals surface area (Å²) in [5.41, 5.74) is 1.17. The van der Waals surface area contributed by atoms with Crippen LogP contribution in [0.1, 0.15) is 5.56 Å². The summed E-state index contributed by atoms with van der Waals surface area (Å²) in [6.45, 7) is 0. The van der Waals surface area contributed by atoms with Gasteiger partial charge in [0.05, 0.1) is 0 Å². The number of rotatable bonds is 7. The second kappa shape index (κ2) is 9.40. The first-order valence-corrected chi connectivity index (χ1v) is 9.42. The maximum absolute atomic E-state index is 12.0. The number of aromatic amines is 1. The molecule has 1 aromatic heterocycles. The molecule has 0 fully saturated rings. The summed E-state index contributed by atoms with van der Waals surface area (Å²) in [6, 6.07) is 8.79. The number of likely N-dealkylation sites (N-methyl/N-ethyl adjacent to an activating group) is 1. The largest absolute Gasteiger partial charge is 0.357 e. The number of urea groups is 1. The molecule has 1 aromatic carbocycles. The Labute approximate surface area is 152 Å². The summed E-state index contributed by atoms with van der Waals surface area (Å²) in [7, 11) is 1.54. The summed E-state index contributed by atoms with van der Waals surface area (Å²) in [5, 5.41) is 14.5. The molecule has 0 spiro atoms. The molecule has 4 N–H and O–H groups in total. The minimum atomic E-state index is -0.643. The van der Waals surface area contributed by atoms with Gasteiger partial charge in [-0.15, -0.1) is 5.10 Å². The quantitative estimate of drug-likeness (QED) is 0.550. The van der Waals surface area contributed by atoms with E-state index in [1.807, 2.05) is 30.3 Å². The summed E-state index contributed by atoms with van der Waals surface area (Å²) >= 11 is 7.61. The molecule has 2 rings (SSSR count). The van der Waals surface area contributed by atoms with E-state index in [-0.39, 0.29) is 5.91 Å². The van der Waals surface area contributed by atoms with Crippen molar-refractivity contribution in [1.29, 1.82) is 0 Å². The van der Waals surface area contributed by atoms with Crippen molar-refractivity contribution in [3.63, 3.8) is 0 Å². The van der Waals surface area contributed by atoms with Crippen LogP contribution in [0.5, 0.6) is 0 Å². The number of anilines is 1. The second-order valence-corrected chi connectivity index (χ2v) is 7.38. The molecule has 0 aliphatic rings. The topological polar surface area (TPSA) is 98.9 Å². The van der Waals surface area contributed by atoms with Gasteiger partial charge in [0.2, 0.25) is 11.0 Å². The van der Waals surface area contributed by atoms with Gasteiger partial charge >= 0.3 is 6.03 Å². The van der Waals surface area contributed by atoms with Crippen LogP contribution in [-0.2, 0) is 10.5 Å². The fourth-order valence-electron chi connectivity index (χ4n) is 1.80. The highest BCUT2D eigenvalue weighted by molar-refractivity contribution is 7.98. The van der Waals surface area contributed by atoms with Crippen molar-refractivity contribution >= 4 is 52.4 Å². The van der Waals surface area contributed by atoms with Crippen molar-refractivity contribution in [3.8, 4) is 0 Å². The van der Waals surface area contributed by atoms with Crippen LogP contribution >= 0.6 is 35.3 Å². The van der Waals surface area contributed by atoms with E-state index in [0.717, 1.165) is 17.1 Å². The van der Waals surface area contributed by atoms with E-state index in [9.17, 15) is 9.59 Å². The molecule has 0 radical (unpaired) electrons. The van der Waals surface area contributed by atoms with E-state index in [2.05, 4.69) is 26.1 Å². The van der Waals surface area contributed by atoms with Gasteiger partial charge in [0.1, 0.15) is 6.04 Å². The van der Waals surface area contributed by atoms with Gasteiger partial charge < -0.3 is 10.6 Å². The number of H-pyrrole nitrogens is 1. The van der Waals surface area contributed by atoms with Gasteiger partial charge in [0, 0.05) is 18.6 Å². The summed E-state index contributed by atoms with van der Waals surface area (Å²) in [4.78, 5) is 23.9. The average molecular weight is 384 g/mol. The SMILES string of the molecule is CNC(=O)[C@H](CSCc1ccccc1)NC(=O)Nc1n[nH]c(=S)s1. The summed E-state index contributed by atoms with van der Waals surface area (Å²) < 4.78 is 0.464. The molecule has 3 amide bonds. The Morgan fingerprint density at radius 3 is 2.75 bits per heavy atom. The van der Waals surface area contributed by atoms with Crippen LogP contribution in [0.3, 0.4) is 0 Å². The van der Waals surface area contributed by atoms with E-state index in [1.165, 1.54) is 12.6 Å². The summed E-state index contributed by atoms with van der Waals surface area (Å²) in [6.07, 6.45) is 0. The van der Waals surface area contributed by atoms with Crippen LogP contribution < -0.4 is 16.0 Å². The highest BCUT2D eigenvalue weighted by atomic mass is 32.2. The average Bonchev–Trinajstić information content (AvgIpc) is 2.99. The Morgan fingerprint density at radius 2 is 2.12 bits per heavy atom. The van der Waals surface area contributed by atoms with Crippen molar-refractivity contribution in [2.75, 3.05) is 18.1 Å². The Morgan fingerprint density at radius 1 is 1.38 bits per heavy atom. The zero-order valence-electron chi connectivity index (χ0n) is 12.9. The number of thioether (sulfide) groups is 1. The number of carbonyl (C=O) groups excluding carboxylic acids is 2. The van der Waals surface area contributed by atoms with Crippen molar-refractivity contribution in [2.24, 2.45) is 0 Å². The first-order valence-electron chi connectivity index (χ1n) is 7.05. The molecule has 0 saturated carbocycles. The molecule has 0 unspecified atom stereocenters. The Balaban J connectivity index is 1.86. The molecule has 0 saturated heterocycles. The monoisotopic (exact) mass is 383 g/mol. The maximum atomic E-state index is 12.0. The predicted molar refractivity (Wildman–Crippen MR) is 99.9 cm³/mol. The van der Waals surface area contributed by atoms with E-state index < -0.39 is 12.1 Å². The van der Waals surface area contributed by atoms with E-state index in [4.69, 9.17) is 12.2 Å². The molecule has 0 bridgehead atoms. The molecule has 24 heavy (non-hydrogen) atoms. The van der Waals surface area contributed by atoms with E-state index in [0.29, 0.717) is 14.8 Å². The van der Waals surface area contributed by atoms with Crippen LogP contribution in [0.2, 0.25) is 0 Å². The first-order chi connectivity index (χ1) is 11.6. The van der Waals surface area contributed by atoms with Gasteiger partial charge in [-0.2, -0.15) is 11.8 Å². The number of amides is 3. The van der Waals surface area contributed by atoms with Crippen molar-refractivity contribution < 1.29 is 9.59 Å². The molecule has 128 valence electrons. The summed E-state index contributed by atoms with van der Waals surface area (Å²) in [5.74, 6) is 0.969. The second-order valence-electron chi connectivity index (χ2n) is 4.68. The zero-order chi connectivity index (χ0) is 17.4. The van der Waals surface area contributed by atoms with Crippen molar-refractivity contribution in [1.82, 2.24) is 20.8 Å². The lowest BCUT2D eigenvalue weighted by Crippen LogP contribution is -2.48. The fourth-order valence-corrected chi connectivity index (χ4v) is 3.60. The molecule has 7 nitrogen and oxygen atoms in total. The lowest BCUT2D eigenvalue weighted by Gasteiger charge is -2.16. The predicted octanol–water partition coefficient (Wildman–Crippen LogP) is 2.37. The molecule has 1 atom stereocenters. The van der Waals surface area contributed by atoms with Crippen molar-refractivity contribution in [2.45, 2.75) is 11.8 Å². The van der Waals surface area contributed by atoms with Crippen LogP contribution in [-0.4, -0.2) is 41.0 Å². The standard InChI is InChI=1S/C14H17N5O2S3/c1-15-11(20)10(8-23-7-9-5-3-2-4-6-9)16-12(21)17-13-18-19-14(22)24-13/h2-6,10H,7-8H2,1H3,(H,15,20)(H,19,22)(H2,16,17,18,21)/t10-/m0/s1. The van der Waals surface area contributed by atoms with Gasteiger partial charge in [-0.25, -0.2) is 4.79 Å². The minimum absolute atomic E-state index is 0.250. The van der Waals surface area contributed by atoms with Gasteiger partial charge in [0.15, 0.2) is 3.95 Å². The Hall–Kier alpha value is -1.91. The third-order valence-electron chi connectivity index (χ3n) is 2.92. The molecule has 2 aromatic rings. The van der Waals surface area contributed by atoms with Gasteiger partial charge in [0.25, 0.3) is 0 Å². The van der Waals surface area contributed by atoms with Crippen LogP contribution in [0.4, 0.5) is 9.93 Å². The van der Waals surface area contributed by atoms with E-state index >= 15 is 0 Å². The van der Waals surface area contributed by atoms with Crippen LogP contribution in [0.25, 0.3) is 0 Å². The molecule has 1 heterocycles.